The Hall–Kier alpha value is -4.34. The van der Waals surface area contributed by atoms with Gasteiger partial charge in [-0.2, -0.15) is 0 Å². The van der Waals surface area contributed by atoms with Crippen molar-refractivity contribution >= 4 is 41.0 Å². The van der Waals surface area contributed by atoms with Crippen LogP contribution in [-0.4, -0.2) is 40.4 Å². The van der Waals surface area contributed by atoms with Crippen molar-refractivity contribution in [2.24, 2.45) is 0 Å². The number of hydrogen-bond donors (Lipinski definition) is 1. The number of imide groups is 1. The first-order valence-corrected chi connectivity index (χ1v) is 10.5. The summed E-state index contributed by atoms with van der Waals surface area (Å²) in [5.41, 5.74) is 1.37. The monoisotopic (exact) mass is 445 g/mol. The van der Waals surface area contributed by atoms with Crippen LogP contribution in [0.3, 0.4) is 0 Å². The van der Waals surface area contributed by atoms with Crippen LogP contribution in [0.2, 0.25) is 0 Å². The molecule has 0 aliphatic carbocycles. The third-order valence-corrected chi connectivity index (χ3v) is 5.62. The first-order valence-electron chi connectivity index (χ1n) is 10.5. The SMILES string of the molecule is O=C(Nc1nnc(C2CC(=O)N(c3ccccc3)C2)o1)c1cccc(N2C(=O)CCC2=O)c1. The fourth-order valence-electron chi connectivity index (χ4n) is 4.00. The van der Waals surface area contributed by atoms with Gasteiger partial charge in [0.05, 0.1) is 11.6 Å². The van der Waals surface area contributed by atoms with Crippen LogP contribution in [0.1, 0.15) is 41.4 Å². The first-order chi connectivity index (χ1) is 16.0. The Morgan fingerprint density at radius 2 is 1.64 bits per heavy atom. The molecule has 3 aromatic rings. The molecule has 166 valence electrons. The Morgan fingerprint density at radius 1 is 0.909 bits per heavy atom. The smallest absolute Gasteiger partial charge is 0.322 e. The molecular formula is C23H19N5O5. The summed E-state index contributed by atoms with van der Waals surface area (Å²) in [6, 6.07) is 15.4. The number of hydrogen-bond acceptors (Lipinski definition) is 7. The summed E-state index contributed by atoms with van der Waals surface area (Å²) in [6.07, 6.45) is 0.543. The van der Waals surface area contributed by atoms with Gasteiger partial charge in [-0.05, 0) is 30.3 Å². The van der Waals surface area contributed by atoms with Gasteiger partial charge in [0.2, 0.25) is 23.6 Å². The zero-order valence-electron chi connectivity index (χ0n) is 17.4. The molecule has 0 spiro atoms. The summed E-state index contributed by atoms with van der Waals surface area (Å²) in [4.78, 5) is 51.8. The molecule has 10 nitrogen and oxygen atoms in total. The first kappa shape index (κ1) is 20.6. The van der Waals surface area contributed by atoms with Crippen molar-refractivity contribution in [2.45, 2.75) is 25.2 Å². The lowest BCUT2D eigenvalue weighted by atomic mass is 10.1. The Kier molecular flexibility index (Phi) is 5.17. The van der Waals surface area contributed by atoms with Gasteiger partial charge in [0.1, 0.15) is 0 Å². The summed E-state index contributed by atoms with van der Waals surface area (Å²) in [6.45, 7) is 0.401. The van der Waals surface area contributed by atoms with Gasteiger partial charge >= 0.3 is 6.01 Å². The molecule has 2 aliphatic rings. The van der Waals surface area contributed by atoms with E-state index in [0.29, 0.717) is 12.2 Å². The molecule has 1 N–H and O–H groups in total. The van der Waals surface area contributed by atoms with E-state index in [1.807, 2.05) is 30.3 Å². The van der Waals surface area contributed by atoms with Crippen molar-refractivity contribution in [3.63, 3.8) is 0 Å². The van der Waals surface area contributed by atoms with Crippen molar-refractivity contribution in [1.29, 1.82) is 0 Å². The second-order valence-electron chi connectivity index (χ2n) is 7.81. The van der Waals surface area contributed by atoms with Crippen LogP contribution >= 0.6 is 0 Å². The molecule has 0 bridgehead atoms. The van der Waals surface area contributed by atoms with E-state index >= 15 is 0 Å². The second kappa shape index (κ2) is 8.30. The molecule has 2 fully saturated rings. The standard InChI is InChI=1S/C23H19N5O5/c29-18-9-10-19(30)28(18)17-8-4-5-14(11-17)21(32)24-23-26-25-22(33-23)15-12-20(31)27(13-15)16-6-2-1-3-7-16/h1-8,11,15H,9-10,12-13H2,(H,24,26,32). The molecule has 2 saturated heterocycles. The highest BCUT2D eigenvalue weighted by Gasteiger charge is 2.35. The zero-order valence-corrected chi connectivity index (χ0v) is 17.4. The lowest BCUT2D eigenvalue weighted by Gasteiger charge is -2.15. The maximum atomic E-state index is 12.7. The highest BCUT2D eigenvalue weighted by Crippen LogP contribution is 2.31. The van der Waals surface area contributed by atoms with Crippen LogP contribution in [0.5, 0.6) is 0 Å². The van der Waals surface area contributed by atoms with Crippen LogP contribution in [0, 0.1) is 0 Å². The van der Waals surface area contributed by atoms with Crippen LogP contribution < -0.4 is 15.1 Å². The van der Waals surface area contributed by atoms with Crippen molar-refractivity contribution in [1.82, 2.24) is 10.2 Å². The minimum absolute atomic E-state index is 0.0437. The van der Waals surface area contributed by atoms with Crippen molar-refractivity contribution < 1.29 is 23.6 Å². The molecule has 1 unspecified atom stereocenters. The van der Waals surface area contributed by atoms with E-state index in [1.165, 1.54) is 6.07 Å². The van der Waals surface area contributed by atoms with E-state index < -0.39 is 5.91 Å². The number of nitrogens with one attached hydrogen (secondary N) is 1. The third kappa shape index (κ3) is 3.98. The Morgan fingerprint density at radius 3 is 2.39 bits per heavy atom. The summed E-state index contributed by atoms with van der Waals surface area (Å²) in [7, 11) is 0. The lowest BCUT2D eigenvalue weighted by Crippen LogP contribution is -2.28. The quantitative estimate of drug-likeness (QED) is 0.598. The van der Waals surface area contributed by atoms with Crippen molar-refractivity contribution in [3.05, 3.63) is 66.1 Å². The average molecular weight is 445 g/mol. The van der Waals surface area contributed by atoms with Gasteiger partial charge < -0.3 is 9.32 Å². The number of benzene rings is 2. The van der Waals surface area contributed by atoms with E-state index in [0.717, 1.165) is 10.6 Å². The normalized spacial score (nSPS) is 18.3. The van der Waals surface area contributed by atoms with E-state index in [9.17, 15) is 19.2 Å². The third-order valence-electron chi connectivity index (χ3n) is 5.62. The highest BCUT2D eigenvalue weighted by molar-refractivity contribution is 6.20. The number of aromatic nitrogens is 2. The van der Waals surface area contributed by atoms with Gasteiger partial charge in [0.25, 0.3) is 5.91 Å². The number of rotatable bonds is 5. The van der Waals surface area contributed by atoms with E-state index in [1.54, 1.807) is 23.1 Å². The largest absolute Gasteiger partial charge is 0.407 e. The number of nitrogens with zero attached hydrogens (tertiary/aromatic N) is 4. The van der Waals surface area contributed by atoms with Gasteiger partial charge in [-0.1, -0.05) is 29.4 Å². The van der Waals surface area contributed by atoms with E-state index in [2.05, 4.69) is 15.5 Å². The second-order valence-corrected chi connectivity index (χ2v) is 7.81. The molecule has 1 atom stereocenters. The minimum atomic E-state index is -0.528. The average Bonchev–Trinajstić information content (AvgIpc) is 3.53. The van der Waals surface area contributed by atoms with Gasteiger partial charge in [-0.25, -0.2) is 0 Å². The lowest BCUT2D eigenvalue weighted by molar-refractivity contribution is -0.121. The Bertz CT molecular complexity index is 1240. The number of anilines is 3. The molecule has 0 radical (unpaired) electrons. The number of amides is 4. The predicted octanol–water partition coefficient (Wildman–Crippen LogP) is 2.50. The van der Waals surface area contributed by atoms with Crippen LogP contribution in [0.4, 0.5) is 17.4 Å². The van der Waals surface area contributed by atoms with E-state index in [-0.39, 0.29) is 60.4 Å². The molecule has 33 heavy (non-hydrogen) atoms. The zero-order chi connectivity index (χ0) is 22.9. The fraction of sp³-hybridized carbons (Fsp3) is 0.217. The maximum absolute atomic E-state index is 12.7. The van der Waals surface area contributed by atoms with Crippen molar-refractivity contribution in [3.8, 4) is 0 Å². The Balaban J connectivity index is 1.27. The summed E-state index contributed by atoms with van der Waals surface area (Å²) >= 11 is 0. The molecule has 4 amide bonds. The number of carbonyl (C=O) groups excluding carboxylic acids is 4. The van der Waals surface area contributed by atoms with Crippen LogP contribution in [-0.2, 0) is 14.4 Å². The molecule has 0 saturated carbocycles. The van der Waals surface area contributed by atoms with E-state index in [4.69, 9.17) is 4.42 Å². The molecule has 10 heteroatoms. The Labute approximate surface area is 188 Å². The fourth-order valence-corrected chi connectivity index (χ4v) is 4.00. The molecule has 5 rings (SSSR count). The minimum Gasteiger partial charge on any atom is -0.407 e. The number of carbonyl (C=O) groups is 4. The number of para-hydroxylation sites is 1. The molecule has 2 aromatic carbocycles. The van der Waals surface area contributed by atoms with Gasteiger partial charge in [0, 0.05) is 37.1 Å². The van der Waals surface area contributed by atoms with Gasteiger partial charge in [-0.15, -0.1) is 5.10 Å². The summed E-state index contributed by atoms with van der Waals surface area (Å²) in [5.74, 6) is -1.19. The van der Waals surface area contributed by atoms with Gasteiger partial charge in [-0.3, -0.25) is 29.4 Å². The van der Waals surface area contributed by atoms with Crippen molar-refractivity contribution in [2.75, 3.05) is 21.7 Å². The topological polar surface area (TPSA) is 126 Å². The summed E-state index contributed by atoms with van der Waals surface area (Å²) < 4.78 is 5.60. The van der Waals surface area contributed by atoms with Crippen LogP contribution in [0.25, 0.3) is 0 Å². The molecule has 1 aromatic heterocycles. The molecule has 3 heterocycles. The summed E-state index contributed by atoms with van der Waals surface area (Å²) in [5, 5.41) is 10.4. The van der Waals surface area contributed by atoms with Gasteiger partial charge in [0.15, 0.2) is 0 Å². The van der Waals surface area contributed by atoms with Crippen LogP contribution in [0.15, 0.2) is 59.0 Å². The molecular weight excluding hydrogens is 426 g/mol. The molecule has 2 aliphatic heterocycles. The highest BCUT2D eigenvalue weighted by atomic mass is 16.4. The predicted molar refractivity (Wildman–Crippen MR) is 117 cm³/mol. The maximum Gasteiger partial charge on any atom is 0.322 e.